The Hall–Kier alpha value is -3.65. The van der Waals surface area contributed by atoms with Crippen LogP contribution in [0, 0.1) is 0 Å². The second-order valence-corrected chi connectivity index (χ2v) is 9.47. The van der Waals surface area contributed by atoms with E-state index in [-0.39, 0.29) is 11.8 Å². The second kappa shape index (κ2) is 8.23. The van der Waals surface area contributed by atoms with Crippen molar-refractivity contribution >= 4 is 38.8 Å². The van der Waals surface area contributed by atoms with Crippen molar-refractivity contribution < 1.29 is 24.1 Å². The van der Waals surface area contributed by atoms with Crippen LogP contribution >= 0.6 is 0 Å². The largest absolute Gasteiger partial charge is 0.496 e. The van der Waals surface area contributed by atoms with Crippen LogP contribution in [0.25, 0.3) is 32.8 Å². The fraction of sp³-hybridized carbons (Fsp3) is 0.370. The first kappa shape index (κ1) is 23.1. The van der Waals surface area contributed by atoms with Gasteiger partial charge < -0.3 is 23.9 Å². The predicted molar refractivity (Wildman–Crippen MR) is 133 cm³/mol. The van der Waals surface area contributed by atoms with Crippen molar-refractivity contribution in [3.05, 3.63) is 52.2 Å². The molecule has 2 atom stereocenters. The van der Waals surface area contributed by atoms with E-state index in [4.69, 9.17) is 19.2 Å². The number of aliphatic hydroxyl groups is 1. The van der Waals surface area contributed by atoms with Crippen molar-refractivity contribution in [2.45, 2.75) is 51.4 Å². The molecule has 2 aromatic heterocycles. The molecule has 0 unspecified atom stereocenters. The molecule has 2 aromatic carbocycles. The number of ether oxygens (including phenoxy) is 3. The predicted octanol–water partition coefficient (Wildman–Crippen LogP) is 4.16. The van der Waals surface area contributed by atoms with Gasteiger partial charge >= 0.3 is 5.97 Å². The Morgan fingerprint density at radius 3 is 2.71 bits per heavy atom. The lowest BCUT2D eigenvalue weighted by Gasteiger charge is -2.42. The Morgan fingerprint density at radius 1 is 1.26 bits per heavy atom. The number of esters is 1. The van der Waals surface area contributed by atoms with Crippen LogP contribution in [0.2, 0.25) is 0 Å². The number of fused-ring (bicyclic) bond motifs is 5. The Kier molecular flexibility index (Phi) is 5.44. The van der Waals surface area contributed by atoms with Crippen molar-refractivity contribution in [1.82, 2.24) is 9.55 Å². The van der Waals surface area contributed by atoms with Crippen LogP contribution in [0.5, 0.6) is 11.5 Å². The van der Waals surface area contributed by atoms with Crippen molar-refractivity contribution in [1.29, 1.82) is 0 Å². The molecule has 8 heteroatoms. The third-order valence-electron chi connectivity index (χ3n) is 6.67. The second-order valence-electron chi connectivity index (χ2n) is 9.47. The van der Waals surface area contributed by atoms with Gasteiger partial charge in [0.25, 0.3) is 0 Å². The van der Waals surface area contributed by atoms with Gasteiger partial charge in [-0.2, -0.15) is 0 Å². The van der Waals surface area contributed by atoms with Gasteiger partial charge in [-0.15, -0.1) is 0 Å². The molecular weight excluding hydrogens is 448 g/mol. The van der Waals surface area contributed by atoms with Gasteiger partial charge in [0.2, 0.25) is 5.43 Å². The van der Waals surface area contributed by atoms with Gasteiger partial charge in [0.05, 0.1) is 34.5 Å². The van der Waals surface area contributed by atoms with E-state index in [0.717, 1.165) is 10.9 Å². The van der Waals surface area contributed by atoms with Gasteiger partial charge in [-0.25, -0.2) is 4.98 Å². The summed E-state index contributed by atoms with van der Waals surface area (Å²) in [6, 6.07) is 11.0. The van der Waals surface area contributed by atoms with Crippen LogP contribution in [-0.2, 0) is 16.6 Å². The number of benzene rings is 2. The number of carbonyl (C=O) groups is 1. The maximum absolute atomic E-state index is 13.8. The summed E-state index contributed by atoms with van der Waals surface area (Å²) in [4.78, 5) is 30.9. The number of nitrogens with zero attached hydrogens (tertiary/aromatic N) is 2. The van der Waals surface area contributed by atoms with E-state index in [1.54, 1.807) is 31.5 Å². The fourth-order valence-corrected chi connectivity index (χ4v) is 4.99. The quantitative estimate of drug-likeness (QED) is 0.349. The van der Waals surface area contributed by atoms with Crippen LogP contribution in [0.1, 0.15) is 45.3 Å². The number of methoxy groups -OCH3 is 1. The number of hydrogen-bond acceptors (Lipinski definition) is 7. The van der Waals surface area contributed by atoms with E-state index in [9.17, 15) is 14.7 Å². The first-order valence-electron chi connectivity index (χ1n) is 11.7. The fourth-order valence-electron chi connectivity index (χ4n) is 4.99. The number of pyridine rings is 2. The molecule has 8 nitrogen and oxygen atoms in total. The lowest BCUT2D eigenvalue weighted by atomic mass is 9.86. The Morgan fingerprint density at radius 2 is 2.00 bits per heavy atom. The van der Waals surface area contributed by atoms with E-state index in [1.165, 1.54) is 7.11 Å². The van der Waals surface area contributed by atoms with Crippen molar-refractivity contribution in [3.8, 4) is 11.5 Å². The Balaban J connectivity index is 1.86. The standard InChI is InChI=1S/C27H28N2O6/c1-6-9-19(30)34-25-24(32)21-18(35-27(25,2)3)13-17(33-5)20-22(21)29(4)26-15(23(20)31)12-14-10-7-8-11-16(14)28-26/h7-8,10-13,24-25,32H,6,9H2,1-5H3/t24-,25-/m1/s1. The normalized spacial score (nSPS) is 18.9. The molecule has 0 aliphatic carbocycles. The molecule has 1 aliphatic rings. The van der Waals surface area contributed by atoms with Gasteiger partial charge in [-0.1, -0.05) is 25.1 Å². The summed E-state index contributed by atoms with van der Waals surface area (Å²) < 4.78 is 19.3. The summed E-state index contributed by atoms with van der Waals surface area (Å²) in [5.74, 6) is 0.283. The van der Waals surface area contributed by atoms with Gasteiger partial charge in [-0.05, 0) is 32.4 Å². The highest BCUT2D eigenvalue weighted by molar-refractivity contribution is 6.01. The van der Waals surface area contributed by atoms with Crippen LogP contribution < -0.4 is 14.9 Å². The van der Waals surface area contributed by atoms with Gasteiger partial charge in [0, 0.05) is 24.9 Å². The van der Waals surface area contributed by atoms with Crippen LogP contribution in [0.3, 0.4) is 0 Å². The molecule has 0 amide bonds. The molecule has 0 fully saturated rings. The summed E-state index contributed by atoms with van der Waals surface area (Å²) in [5.41, 5.74) is 0.731. The summed E-state index contributed by atoms with van der Waals surface area (Å²) in [6.45, 7) is 5.40. The maximum Gasteiger partial charge on any atom is 0.306 e. The zero-order chi connectivity index (χ0) is 25.1. The number of aryl methyl sites for hydroxylation is 1. The monoisotopic (exact) mass is 476 g/mol. The smallest absolute Gasteiger partial charge is 0.306 e. The molecule has 4 aromatic rings. The minimum Gasteiger partial charge on any atom is -0.496 e. The molecule has 182 valence electrons. The number of carbonyl (C=O) groups excluding carboxylic acids is 1. The van der Waals surface area contributed by atoms with E-state index in [1.807, 2.05) is 37.3 Å². The number of hydrogen-bond donors (Lipinski definition) is 1. The lowest BCUT2D eigenvalue weighted by Crippen LogP contribution is -2.51. The van der Waals surface area contributed by atoms with Crippen molar-refractivity contribution in [2.75, 3.05) is 7.11 Å². The maximum atomic E-state index is 13.8. The molecule has 1 aliphatic heterocycles. The summed E-state index contributed by atoms with van der Waals surface area (Å²) in [5, 5.41) is 13.2. The van der Waals surface area contributed by atoms with Crippen molar-refractivity contribution in [2.24, 2.45) is 7.05 Å². The average Bonchev–Trinajstić information content (AvgIpc) is 2.83. The number of aliphatic hydroxyl groups excluding tert-OH is 1. The molecule has 0 saturated heterocycles. The zero-order valence-corrected chi connectivity index (χ0v) is 20.4. The third kappa shape index (κ3) is 3.51. The molecule has 0 bridgehead atoms. The molecule has 1 N–H and O–H groups in total. The van der Waals surface area contributed by atoms with Crippen LogP contribution in [-0.4, -0.2) is 39.4 Å². The lowest BCUT2D eigenvalue weighted by molar-refractivity contribution is -0.177. The van der Waals surface area contributed by atoms with Crippen LogP contribution in [0.15, 0.2) is 41.2 Å². The highest BCUT2D eigenvalue weighted by Gasteiger charge is 2.47. The van der Waals surface area contributed by atoms with E-state index >= 15 is 0 Å². The topological polar surface area (TPSA) is 99.9 Å². The molecular formula is C27H28N2O6. The Bertz CT molecular complexity index is 1560. The van der Waals surface area contributed by atoms with Gasteiger partial charge in [-0.3, -0.25) is 9.59 Å². The van der Waals surface area contributed by atoms with E-state index in [0.29, 0.717) is 45.4 Å². The number of rotatable bonds is 4. The van der Waals surface area contributed by atoms with Gasteiger partial charge in [0.15, 0.2) is 6.10 Å². The minimum atomic E-state index is -1.23. The third-order valence-corrected chi connectivity index (χ3v) is 6.67. The highest BCUT2D eigenvalue weighted by atomic mass is 16.6. The first-order valence-corrected chi connectivity index (χ1v) is 11.7. The van der Waals surface area contributed by atoms with Gasteiger partial charge in [0.1, 0.15) is 28.9 Å². The first-order chi connectivity index (χ1) is 16.7. The summed E-state index contributed by atoms with van der Waals surface area (Å²) >= 11 is 0. The van der Waals surface area contributed by atoms with Crippen LogP contribution in [0.4, 0.5) is 0 Å². The van der Waals surface area contributed by atoms with E-state index in [2.05, 4.69) is 0 Å². The van der Waals surface area contributed by atoms with Crippen molar-refractivity contribution in [3.63, 3.8) is 0 Å². The number of aromatic nitrogens is 2. The average molecular weight is 477 g/mol. The highest BCUT2D eigenvalue weighted by Crippen LogP contribution is 2.47. The SMILES string of the molecule is CCCC(=O)O[C@@H]1[C@H](O)c2c(cc(OC)c3c(=O)c4cc5ccccc5nc4n(C)c23)OC1(C)C. The zero-order valence-electron chi connectivity index (χ0n) is 20.4. The molecule has 35 heavy (non-hydrogen) atoms. The molecule has 0 saturated carbocycles. The number of para-hydroxylation sites is 1. The molecule has 3 heterocycles. The van der Waals surface area contributed by atoms with E-state index < -0.39 is 23.8 Å². The summed E-state index contributed by atoms with van der Waals surface area (Å²) in [6.07, 6.45) is -1.34. The molecule has 5 rings (SSSR count). The summed E-state index contributed by atoms with van der Waals surface area (Å²) in [7, 11) is 3.28. The minimum absolute atomic E-state index is 0.232. The Labute approximate surface area is 202 Å². The molecule has 0 spiro atoms. The molecule has 0 radical (unpaired) electrons.